The average molecular weight is 301 g/mol. The van der Waals surface area contributed by atoms with Gasteiger partial charge in [-0.15, -0.1) is 0 Å². The number of rotatable bonds is 4. The molecule has 3 amide bonds. The molecule has 3 N–H and O–H groups in total. The van der Waals surface area contributed by atoms with E-state index in [1.165, 1.54) is 14.0 Å². The number of aliphatic hydroxyl groups excluding tert-OH is 1. The van der Waals surface area contributed by atoms with Crippen LogP contribution < -0.4 is 15.4 Å². The predicted molar refractivity (Wildman–Crippen MR) is 74.8 cm³/mol. The van der Waals surface area contributed by atoms with Crippen LogP contribution in [-0.4, -0.2) is 30.2 Å². The smallest absolute Gasteiger partial charge is 0.321 e. The summed E-state index contributed by atoms with van der Waals surface area (Å²) in [7, 11) is 1.40. The Hall–Kier alpha value is -1.79. The maximum Gasteiger partial charge on any atom is 0.321 e. The van der Waals surface area contributed by atoms with Crippen LogP contribution in [0.1, 0.15) is 25.5 Å². The lowest BCUT2D eigenvalue weighted by molar-refractivity contribution is -0.126. The lowest BCUT2D eigenvalue weighted by atomic mass is 10.1. The summed E-state index contributed by atoms with van der Waals surface area (Å²) in [6.45, 7) is 3.06. The van der Waals surface area contributed by atoms with E-state index in [2.05, 4.69) is 10.6 Å². The number of aliphatic hydroxyl groups is 1. The van der Waals surface area contributed by atoms with E-state index in [0.717, 1.165) is 0 Å². The molecular weight excluding hydrogens is 284 g/mol. The number of carbonyl (C=O) groups is 2. The van der Waals surface area contributed by atoms with Crippen LogP contribution in [0.2, 0.25) is 5.02 Å². The molecule has 0 spiro atoms. The zero-order valence-electron chi connectivity index (χ0n) is 11.4. The van der Waals surface area contributed by atoms with Crippen molar-refractivity contribution in [2.75, 3.05) is 7.05 Å². The van der Waals surface area contributed by atoms with Gasteiger partial charge in [0.15, 0.2) is 6.10 Å². The molecule has 7 heteroatoms. The monoisotopic (exact) mass is 300 g/mol. The lowest BCUT2D eigenvalue weighted by Gasteiger charge is -2.18. The lowest BCUT2D eigenvalue weighted by Crippen LogP contribution is -2.44. The van der Waals surface area contributed by atoms with Gasteiger partial charge in [-0.25, -0.2) is 4.79 Å². The summed E-state index contributed by atoms with van der Waals surface area (Å²) in [5.41, 5.74) is 0.470. The van der Waals surface area contributed by atoms with Crippen LogP contribution in [-0.2, 0) is 4.79 Å². The van der Waals surface area contributed by atoms with E-state index in [1.807, 2.05) is 0 Å². The molecule has 1 aromatic rings. The fourth-order valence-corrected chi connectivity index (χ4v) is 1.65. The Kier molecular flexibility index (Phi) is 5.79. The van der Waals surface area contributed by atoms with Crippen molar-refractivity contribution in [3.8, 4) is 5.75 Å². The minimum absolute atomic E-state index is 0.337. The zero-order valence-corrected chi connectivity index (χ0v) is 12.2. The number of amides is 3. The molecule has 0 radical (unpaired) electrons. The molecule has 6 nitrogen and oxygen atoms in total. The Morgan fingerprint density at radius 2 is 2.00 bits per heavy atom. The van der Waals surface area contributed by atoms with Crippen LogP contribution >= 0.6 is 11.6 Å². The van der Waals surface area contributed by atoms with Gasteiger partial charge >= 0.3 is 6.03 Å². The molecule has 0 aliphatic heterocycles. The van der Waals surface area contributed by atoms with Crippen molar-refractivity contribution in [3.63, 3.8) is 0 Å². The van der Waals surface area contributed by atoms with Gasteiger partial charge in [0.05, 0.1) is 6.10 Å². The second-order valence-corrected chi connectivity index (χ2v) is 4.62. The summed E-state index contributed by atoms with van der Waals surface area (Å²) in [6, 6.07) is 4.10. The molecule has 0 heterocycles. The highest BCUT2D eigenvalue weighted by Crippen LogP contribution is 2.29. The van der Waals surface area contributed by atoms with E-state index in [9.17, 15) is 14.7 Å². The van der Waals surface area contributed by atoms with Crippen LogP contribution in [0.15, 0.2) is 18.2 Å². The number of imide groups is 1. The Morgan fingerprint density at radius 1 is 1.35 bits per heavy atom. The van der Waals surface area contributed by atoms with E-state index in [-0.39, 0.29) is 0 Å². The van der Waals surface area contributed by atoms with E-state index >= 15 is 0 Å². The van der Waals surface area contributed by atoms with Crippen molar-refractivity contribution < 1.29 is 19.4 Å². The fourth-order valence-electron chi connectivity index (χ4n) is 1.47. The van der Waals surface area contributed by atoms with Crippen molar-refractivity contribution in [1.82, 2.24) is 10.6 Å². The van der Waals surface area contributed by atoms with Crippen molar-refractivity contribution in [3.05, 3.63) is 28.8 Å². The number of urea groups is 1. The third-order valence-electron chi connectivity index (χ3n) is 2.56. The summed E-state index contributed by atoms with van der Waals surface area (Å²) in [4.78, 5) is 22.7. The van der Waals surface area contributed by atoms with E-state index < -0.39 is 24.1 Å². The number of halogens is 1. The third kappa shape index (κ3) is 4.40. The Labute approximate surface area is 122 Å². The Bertz CT molecular complexity index is 505. The largest absolute Gasteiger partial charge is 0.480 e. The summed E-state index contributed by atoms with van der Waals surface area (Å²) < 4.78 is 5.46. The summed E-state index contributed by atoms with van der Waals surface area (Å²) in [6.07, 6.45) is -1.69. The summed E-state index contributed by atoms with van der Waals surface area (Å²) in [5.74, 6) is -0.250. The minimum atomic E-state index is -0.897. The van der Waals surface area contributed by atoms with Crippen LogP contribution in [0.4, 0.5) is 4.79 Å². The molecule has 20 heavy (non-hydrogen) atoms. The normalized spacial score (nSPS) is 13.2. The van der Waals surface area contributed by atoms with E-state index in [0.29, 0.717) is 16.3 Å². The second-order valence-electron chi connectivity index (χ2n) is 4.19. The molecule has 1 rings (SSSR count). The first-order valence-electron chi connectivity index (χ1n) is 6.02. The van der Waals surface area contributed by atoms with E-state index in [4.69, 9.17) is 16.3 Å². The average Bonchev–Trinajstić information content (AvgIpc) is 2.40. The minimum Gasteiger partial charge on any atom is -0.480 e. The van der Waals surface area contributed by atoms with Gasteiger partial charge < -0.3 is 15.2 Å². The molecule has 0 aliphatic rings. The summed E-state index contributed by atoms with van der Waals surface area (Å²) >= 11 is 5.85. The molecule has 1 aromatic carbocycles. The quantitative estimate of drug-likeness (QED) is 0.788. The molecule has 0 saturated carbocycles. The number of benzene rings is 1. The van der Waals surface area contributed by atoms with Gasteiger partial charge in [0.25, 0.3) is 5.91 Å². The van der Waals surface area contributed by atoms with E-state index in [1.54, 1.807) is 25.1 Å². The fraction of sp³-hybridized carbons (Fsp3) is 0.385. The zero-order chi connectivity index (χ0) is 15.3. The van der Waals surface area contributed by atoms with Gasteiger partial charge in [-0.1, -0.05) is 11.6 Å². The molecular formula is C13H17ClN2O4. The molecule has 0 aromatic heterocycles. The number of hydrogen-bond donors (Lipinski definition) is 3. The first-order valence-corrected chi connectivity index (χ1v) is 6.39. The first kappa shape index (κ1) is 16.3. The highest BCUT2D eigenvalue weighted by Gasteiger charge is 2.19. The first-order chi connectivity index (χ1) is 9.35. The van der Waals surface area contributed by atoms with Gasteiger partial charge in [0, 0.05) is 17.6 Å². The predicted octanol–water partition coefficient (Wildman–Crippen LogP) is 1.62. The molecule has 0 bridgehead atoms. The van der Waals surface area contributed by atoms with Crippen molar-refractivity contribution >= 4 is 23.5 Å². The van der Waals surface area contributed by atoms with Crippen LogP contribution in [0.25, 0.3) is 0 Å². The molecule has 0 aliphatic carbocycles. The SMILES string of the molecule is CNC(=O)NC(=O)C(C)Oc1ccc(Cl)cc1C(C)O. The highest BCUT2D eigenvalue weighted by molar-refractivity contribution is 6.30. The molecule has 0 fully saturated rings. The number of nitrogens with one attached hydrogen (secondary N) is 2. The van der Waals surface area contributed by atoms with Gasteiger partial charge in [-0.05, 0) is 32.0 Å². The van der Waals surface area contributed by atoms with Gasteiger partial charge in [-0.3, -0.25) is 10.1 Å². The standard InChI is InChI=1S/C13H17ClN2O4/c1-7(17)10-6-9(14)4-5-11(10)20-8(2)12(18)16-13(19)15-3/h4-8,17H,1-3H3,(H2,15,16,18,19). The Balaban J connectivity index is 2.82. The van der Waals surface area contributed by atoms with Crippen molar-refractivity contribution in [2.45, 2.75) is 26.1 Å². The second kappa shape index (κ2) is 7.12. The molecule has 2 unspecified atom stereocenters. The van der Waals surface area contributed by atoms with Crippen molar-refractivity contribution in [2.24, 2.45) is 0 Å². The van der Waals surface area contributed by atoms with Gasteiger partial charge in [0.1, 0.15) is 5.75 Å². The van der Waals surface area contributed by atoms with Gasteiger partial charge in [-0.2, -0.15) is 0 Å². The number of carbonyl (C=O) groups excluding carboxylic acids is 2. The highest BCUT2D eigenvalue weighted by atomic mass is 35.5. The maximum absolute atomic E-state index is 11.7. The van der Waals surface area contributed by atoms with Crippen LogP contribution in [0.5, 0.6) is 5.75 Å². The number of ether oxygens (including phenoxy) is 1. The Morgan fingerprint density at radius 3 is 2.55 bits per heavy atom. The maximum atomic E-state index is 11.7. The van der Waals surface area contributed by atoms with Gasteiger partial charge in [0.2, 0.25) is 0 Å². The number of hydrogen-bond acceptors (Lipinski definition) is 4. The topological polar surface area (TPSA) is 87.7 Å². The molecule has 110 valence electrons. The molecule has 0 saturated heterocycles. The van der Waals surface area contributed by atoms with Crippen LogP contribution in [0.3, 0.4) is 0 Å². The summed E-state index contributed by atoms with van der Waals surface area (Å²) in [5, 5.41) is 14.5. The van der Waals surface area contributed by atoms with Crippen LogP contribution in [0, 0.1) is 0 Å². The third-order valence-corrected chi connectivity index (χ3v) is 2.79. The van der Waals surface area contributed by atoms with Crippen molar-refractivity contribution in [1.29, 1.82) is 0 Å². The molecule has 2 atom stereocenters.